The highest BCUT2D eigenvalue weighted by molar-refractivity contribution is 6.33. The van der Waals surface area contributed by atoms with Crippen LogP contribution in [0.25, 0.3) is 0 Å². The van der Waals surface area contributed by atoms with Gasteiger partial charge in [0.1, 0.15) is 0 Å². The number of carbonyl (C=O) groups is 2. The highest BCUT2D eigenvalue weighted by Gasteiger charge is 2.13. The van der Waals surface area contributed by atoms with Crippen molar-refractivity contribution in [3.8, 4) is 11.5 Å². The van der Waals surface area contributed by atoms with Crippen LogP contribution in [0.2, 0.25) is 5.02 Å². The zero-order valence-electron chi connectivity index (χ0n) is 14.1. The van der Waals surface area contributed by atoms with Gasteiger partial charge in [-0.15, -0.1) is 0 Å². The number of esters is 1. The lowest BCUT2D eigenvalue weighted by Gasteiger charge is -2.12. The topological polar surface area (TPSA) is 73.9 Å². The standard InChI is InChI=1S/C18H18ClNO5/c1-11-4-6-14(13(19)8-11)20-17(21)10-25-15-7-5-12(18(22)24-3)9-16(15)23-2/h4-9H,10H2,1-3H3,(H,20,21). The molecule has 0 bridgehead atoms. The van der Waals surface area contributed by atoms with Crippen molar-refractivity contribution >= 4 is 29.2 Å². The summed E-state index contributed by atoms with van der Waals surface area (Å²) in [6.45, 7) is 1.67. The first-order chi connectivity index (χ1) is 11.9. The van der Waals surface area contributed by atoms with E-state index in [1.54, 1.807) is 12.1 Å². The zero-order chi connectivity index (χ0) is 18.4. The largest absolute Gasteiger partial charge is 0.493 e. The fourth-order valence-corrected chi connectivity index (χ4v) is 2.37. The molecule has 0 heterocycles. The minimum atomic E-state index is -0.489. The molecule has 6 nitrogen and oxygen atoms in total. The number of rotatable bonds is 6. The molecule has 0 unspecified atom stereocenters. The van der Waals surface area contributed by atoms with Crippen molar-refractivity contribution in [2.24, 2.45) is 0 Å². The minimum Gasteiger partial charge on any atom is -0.493 e. The molecule has 0 aliphatic carbocycles. The van der Waals surface area contributed by atoms with Crippen LogP contribution in [-0.2, 0) is 9.53 Å². The van der Waals surface area contributed by atoms with E-state index in [0.29, 0.717) is 27.8 Å². The Balaban J connectivity index is 2.02. The monoisotopic (exact) mass is 363 g/mol. The normalized spacial score (nSPS) is 10.1. The number of anilines is 1. The van der Waals surface area contributed by atoms with Gasteiger partial charge in [0.25, 0.3) is 5.91 Å². The van der Waals surface area contributed by atoms with Gasteiger partial charge in [0.05, 0.1) is 30.5 Å². The molecule has 2 aromatic carbocycles. The SMILES string of the molecule is COC(=O)c1ccc(OCC(=O)Nc2ccc(C)cc2Cl)c(OC)c1. The highest BCUT2D eigenvalue weighted by atomic mass is 35.5. The average Bonchev–Trinajstić information content (AvgIpc) is 2.61. The van der Waals surface area contributed by atoms with Crippen molar-refractivity contribution < 1.29 is 23.8 Å². The number of ether oxygens (including phenoxy) is 3. The number of methoxy groups -OCH3 is 2. The predicted octanol–water partition coefficient (Wildman–Crippen LogP) is 3.46. The van der Waals surface area contributed by atoms with Crippen molar-refractivity contribution in [3.63, 3.8) is 0 Å². The number of nitrogens with one attached hydrogen (secondary N) is 1. The average molecular weight is 364 g/mol. The zero-order valence-corrected chi connectivity index (χ0v) is 14.8. The van der Waals surface area contributed by atoms with Crippen molar-refractivity contribution in [1.82, 2.24) is 0 Å². The van der Waals surface area contributed by atoms with Crippen LogP contribution in [0.1, 0.15) is 15.9 Å². The first kappa shape index (κ1) is 18.6. The molecule has 0 saturated carbocycles. The Morgan fingerprint density at radius 2 is 1.84 bits per heavy atom. The number of carbonyl (C=O) groups excluding carboxylic acids is 2. The van der Waals surface area contributed by atoms with E-state index >= 15 is 0 Å². The number of benzene rings is 2. The Morgan fingerprint density at radius 1 is 1.08 bits per heavy atom. The van der Waals surface area contributed by atoms with E-state index in [0.717, 1.165) is 5.56 Å². The third kappa shape index (κ3) is 4.87. The summed E-state index contributed by atoms with van der Waals surface area (Å²) in [7, 11) is 2.73. The van der Waals surface area contributed by atoms with Crippen LogP contribution in [0.15, 0.2) is 36.4 Å². The molecule has 0 saturated heterocycles. The molecule has 0 radical (unpaired) electrons. The maximum Gasteiger partial charge on any atom is 0.337 e. The summed E-state index contributed by atoms with van der Waals surface area (Å²) in [5.41, 5.74) is 1.83. The van der Waals surface area contributed by atoms with Gasteiger partial charge in [-0.3, -0.25) is 4.79 Å². The molecule has 132 valence electrons. The molecule has 0 aliphatic heterocycles. The van der Waals surface area contributed by atoms with E-state index in [2.05, 4.69) is 10.1 Å². The summed E-state index contributed by atoms with van der Waals surface area (Å²) in [5.74, 6) is -0.203. The van der Waals surface area contributed by atoms with Gasteiger partial charge in [-0.2, -0.15) is 0 Å². The van der Waals surface area contributed by atoms with Crippen molar-refractivity contribution in [1.29, 1.82) is 0 Å². The van der Waals surface area contributed by atoms with Gasteiger partial charge in [0.15, 0.2) is 18.1 Å². The Kier molecular flexibility index (Phi) is 6.25. The van der Waals surface area contributed by atoms with Crippen LogP contribution >= 0.6 is 11.6 Å². The molecular formula is C18H18ClNO5. The van der Waals surface area contributed by atoms with Gasteiger partial charge < -0.3 is 19.5 Å². The minimum absolute atomic E-state index is 0.238. The van der Waals surface area contributed by atoms with Gasteiger partial charge in [-0.25, -0.2) is 4.79 Å². The molecular weight excluding hydrogens is 346 g/mol. The van der Waals surface area contributed by atoms with Crippen LogP contribution in [0.4, 0.5) is 5.69 Å². The summed E-state index contributed by atoms with van der Waals surface area (Å²) < 4.78 is 15.3. The maximum atomic E-state index is 12.0. The smallest absolute Gasteiger partial charge is 0.337 e. The molecule has 0 aliphatic rings. The number of halogens is 1. The molecule has 7 heteroatoms. The van der Waals surface area contributed by atoms with E-state index in [1.807, 2.05) is 13.0 Å². The number of amides is 1. The predicted molar refractivity (Wildman–Crippen MR) is 94.6 cm³/mol. The molecule has 1 N–H and O–H groups in total. The maximum absolute atomic E-state index is 12.0. The Hall–Kier alpha value is -2.73. The van der Waals surface area contributed by atoms with Gasteiger partial charge in [-0.1, -0.05) is 17.7 Å². The molecule has 1 amide bonds. The van der Waals surface area contributed by atoms with E-state index in [-0.39, 0.29) is 12.5 Å². The van der Waals surface area contributed by atoms with Crippen LogP contribution in [0, 0.1) is 6.92 Å². The molecule has 2 rings (SSSR count). The highest BCUT2D eigenvalue weighted by Crippen LogP contribution is 2.28. The number of aryl methyl sites for hydroxylation is 1. The van der Waals surface area contributed by atoms with Gasteiger partial charge >= 0.3 is 5.97 Å². The number of hydrogen-bond acceptors (Lipinski definition) is 5. The first-order valence-electron chi connectivity index (χ1n) is 7.39. The second-order valence-corrected chi connectivity index (χ2v) is 5.58. The molecule has 0 fully saturated rings. The van der Waals surface area contributed by atoms with Crippen molar-refractivity contribution in [3.05, 3.63) is 52.5 Å². The summed E-state index contributed by atoms with van der Waals surface area (Å²) in [6.07, 6.45) is 0. The second-order valence-electron chi connectivity index (χ2n) is 5.18. The van der Waals surface area contributed by atoms with E-state index in [9.17, 15) is 9.59 Å². The van der Waals surface area contributed by atoms with E-state index < -0.39 is 5.97 Å². The van der Waals surface area contributed by atoms with Crippen LogP contribution in [0.5, 0.6) is 11.5 Å². The first-order valence-corrected chi connectivity index (χ1v) is 7.77. The Morgan fingerprint density at radius 3 is 2.48 bits per heavy atom. The van der Waals surface area contributed by atoms with E-state index in [1.165, 1.54) is 32.4 Å². The van der Waals surface area contributed by atoms with Crippen LogP contribution in [-0.4, -0.2) is 32.7 Å². The van der Waals surface area contributed by atoms with Crippen LogP contribution in [0.3, 0.4) is 0 Å². The van der Waals surface area contributed by atoms with Gasteiger partial charge in [0.2, 0.25) is 0 Å². The molecule has 0 atom stereocenters. The van der Waals surface area contributed by atoms with Crippen molar-refractivity contribution in [2.75, 3.05) is 26.1 Å². The van der Waals surface area contributed by atoms with Crippen LogP contribution < -0.4 is 14.8 Å². The summed E-state index contributed by atoms with van der Waals surface area (Å²) in [4.78, 5) is 23.6. The fraction of sp³-hybridized carbons (Fsp3) is 0.222. The third-order valence-corrected chi connectivity index (χ3v) is 3.65. The summed E-state index contributed by atoms with van der Waals surface area (Å²) in [5, 5.41) is 3.13. The lowest BCUT2D eigenvalue weighted by molar-refractivity contribution is -0.118. The molecule has 25 heavy (non-hydrogen) atoms. The summed E-state index contributed by atoms with van der Waals surface area (Å²) in [6, 6.07) is 9.87. The third-order valence-electron chi connectivity index (χ3n) is 3.34. The fourth-order valence-electron chi connectivity index (χ4n) is 2.08. The van der Waals surface area contributed by atoms with Gasteiger partial charge in [0, 0.05) is 0 Å². The summed E-state index contributed by atoms with van der Waals surface area (Å²) >= 11 is 6.08. The Bertz CT molecular complexity index is 791. The second kappa shape index (κ2) is 8.39. The Labute approximate surface area is 150 Å². The van der Waals surface area contributed by atoms with E-state index in [4.69, 9.17) is 21.1 Å². The molecule has 0 spiro atoms. The van der Waals surface area contributed by atoms with Gasteiger partial charge in [-0.05, 0) is 42.8 Å². The van der Waals surface area contributed by atoms with Crippen molar-refractivity contribution in [2.45, 2.75) is 6.92 Å². The molecule has 2 aromatic rings. The quantitative estimate of drug-likeness (QED) is 0.795. The molecule has 0 aromatic heterocycles. The lowest BCUT2D eigenvalue weighted by Crippen LogP contribution is -2.20. The number of hydrogen-bond donors (Lipinski definition) is 1. The lowest BCUT2D eigenvalue weighted by atomic mass is 10.2.